The molecule has 0 aliphatic carbocycles. The van der Waals surface area contributed by atoms with Crippen LogP contribution >= 0.6 is 23.6 Å². The second-order valence-corrected chi connectivity index (χ2v) is 9.66. The minimum Gasteiger partial charge on any atom is -0.378 e. The Hall–Kier alpha value is -4.01. The number of carbonyl (C=O) groups excluding carboxylic acids is 1. The number of nitro benzene ring substituents is 1. The largest absolute Gasteiger partial charge is 0.378 e. The Morgan fingerprint density at radius 2 is 1.97 bits per heavy atom. The summed E-state index contributed by atoms with van der Waals surface area (Å²) in [6.07, 6.45) is 0. The molecule has 0 unspecified atom stereocenters. The van der Waals surface area contributed by atoms with Crippen LogP contribution in [0.25, 0.3) is 15.5 Å². The number of amides is 1. The van der Waals surface area contributed by atoms with Crippen LogP contribution in [0.4, 0.5) is 17.1 Å². The average Bonchev–Trinajstić information content (AvgIpc) is 3.47. The van der Waals surface area contributed by atoms with E-state index in [0.29, 0.717) is 48.5 Å². The summed E-state index contributed by atoms with van der Waals surface area (Å²) in [4.78, 5) is 26.7. The number of hydrogen-bond acceptors (Lipinski definition) is 10. The molecule has 12 nitrogen and oxygen atoms in total. The molecule has 1 aliphatic rings. The van der Waals surface area contributed by atoms with Gasteiger partial charge in [0.05, 0.1) is 18.1 Å². The molecular weight excluding hydrogens is 516 g/mol. The third-order valence-electron chi connectivity index (χ3n) is 5.97. The first-order valence-electron chi connectivity index (χ1n) is 11.3. The first-order valence-corrected chi connectivity index (χ1v) is 12.6. The van der Waals surface area contributed by atoms with Crippen molar-refractivity contribution in [3.63, 3.8) is 0 Å². The summed E-state index contributed by atoms with van der Waals surface area (Å²) in [7, 11) is 0. The van der Waals surface area contributed by atoms with Crippen molar-refractivity contribution in [3.8, 4) is 10.6 Å². The van der Waals surface area contributed by atoms with Crippen molar-refractivity contribution in [1.82, 2.24) is 25.1 Å². The van der Waals surface area contributed by atoms with Crippen molar-refractivity contribution in [2.75, 3.05) is 36.5 Å². The molecule has 0 bridgehead atoms. The van der Waals surface area contributed by atoms with Crippen molar-refractivity contribution in [1.29, 1.82) is 0 Å². The molecule has 14 heteroatoms. The smallest absolute Gasteiger partial charge is 0.293 e. The number of rotatable bonds is 5. The maximum Gasteiger partial charge on any atom is 0.293 e. The van der Waals surface area contributed by atoms with E-state index in [4.69, 9.17) is 17.0 Å². The second-order valence-electron chi connectivity index (χ2n) is 8.30. The SMILES string of the molecule is Cc1c(NC(=S)NC(=O)c2ccc(N3CCOCC3)c([N+](=O)[O-])c2)cccc1-c1nn2c(C)nnc2s1. The Morgan fingerprint density at radius 3 is 2.70 bits per heavy atom. The molecule has 0 atom stereocenters. The van der Waals surface area contributed by atoms with Gasteiger partial charge in [-0.05, 0) is 49.8 Å². The standard InChI is InChI=1S/C23H22N8O4S2/c1-13-16(21-28-30-14(2)26-27-23(30)37-21)4-3-5-17(13)24-22(36)25-20(32)15-6-7-18(19(12-15)31(33)34)29-8-10-35-11-9-29/h3-7,12H,8-11H2,1-2H3,(H2,24,25,32,36). The Balaban J connectivity index is 1.31. The van der Waals surface area contributed by atoms with Gasteiger partial charge in [-0.25, -0.2) is 0 Å². The molecule has 3 heterocycles. The molecule has 2 N–H and O–H groups in total. The molecule has 4 aromatic rings. The number of carbonyl (C=O) groups is 1. The first-order chi connectivity index (χ1) is 17.8. The molecule has 1 amide bonds. The van der Waals surface area contributed by atoms with Crippen LogP contribution in [0.3, 0.4) is 0 Å². The predicted molar refractivity (Wildman–Crippen MR) is 143 cm³/mol. The zero-order chi connectivity index (χ0) is 26.1. The average molecular weight is 539 g/mol. The number of benzene rings is 2. The van der Waals surface area contributed by atoms with E-state index in [1.807, 2.05) is 36.9 Å². The Morgan fingerprint density at radius 1 is 1.19 bits per heavy atom. The Kier molecular flexibility index (Phi) is 6.78. The number of thiocarbonyl (C=S) groups is 1. The number of nitro groups is 1. The van der Waals surface area contributed by atoms with Crippen molar-refractivity contribution in [2.24, 2.45) is 0 Å². The number of anilines is 2. The van der Waals surface area contributed by atoms with E-state index in [1.165, 1.54) is 17.4 Å². The van der Waals surface area contributed by atoms with Crippen LogP contribution in [0.1, 0.15) is 21.7 Å². The molecule has 5 rings (SSSR count). The first kappa shape index (κ1) is 24.7. The molecular formula is C23H22N8O4S2. The highest BCUT2D eigenvalue weighted by Crippen LogP contribution is 2.32. The predicted octanol–water partition coefficient (Wildman–Crippen LogP) is 3.34. The molecule has 0 saturated carbocycles. The summed E-state index contributed by atoms with van der Waals surface area (Å²) in [6.45, 7) is 5.83. The molecule has 2 aromatic carbocycles. The molecule has 2 aromatic heterocycles. The number of fused-ring (bicyclic) bond motifs is 1. The fraction of sp³-hybridized carbons (Fsp3) is 0.261. The number of aryl methyl sites for hydroxylation is 1. The van der Waals surface area contributed by atoms with E-state index in [9.17, 15) is 14.9 Å². The van der Waals surface area contributed by atoms with Gasteiger partial charge >= 0.3 is 0 Å². The minimum atomic E-state index is -0.549. The quantitative estimate of drug-likeness (QED) is 0.221. The summed E-state index contributed by atoms with van der Waals surface area (Å²) in [5, 5.41) is 30.9. The molecule has 0 radical (unpaired) electrons. The van der Waals surface area contributed by atoms with E-state index < -0.39 is 10.8 Å². The van der Waals surface area contributed by atoms with Crippen LogP contribution in [-0.2, 0) is 4.74 Å². The highest BCUT2D eigenvalue weighted by molar-refractivity contribution is 7.80. The van der Waals surface area contributed by atoms with Gasteiger partial charge in [-0.1, -0.05) is 23.5 Å². The summed E-state index contributed by atoms with van der Waals surface area (Å²) in [5.41, 5.74) is 2.92. The van der Waals surface area contributed by atoms with E-state index in [0.717, 1.165) is 16.1 Å². The lowest BCUT2D eigenvalue weighted by Crippen LogP contribution is -2.37. The molecule has 1 fully saturated rings. The van der Waals surface area contributed by atoms with Crippen molar-refractivity contribution in [2.45, 2.75) is 13.8 Å². The lowest BCUT2D eigenvalue weighted by atomic mass is 10.1. The van der Waals surface area contributed by atoms with E-state index in [2.05, 4.69) is 25.9 Å². The normalized spacial score (nSPS) is 13.5. The number of nitrogens with one attached hydrogen (secondary N) is 2. The molecule has 1 aliphatic heterocycles. The van der Waals surface area contributed by atoms with Crippen LogP contribution < -0.4 is 15.5 Å². The summed E-state index contributed by atoms with van der Waals surface area (Å²) in [5.74, 6) is 0.151. The summed E-state index contributed by atoms with van der Waals surface area (Å²) < 4.78 is 7.01. The monoisotopic (exact) mass is 538 g/mol. The number of hydrogen-bond donors (Lipinski definition) is 2. The Labute approximate surface area is 220 Å². The minimum absolute atomic E-state index is 0.0687. The molecule has 0 spiro atoms. The molecule has 1 saturated heterocycles. The number of aromatic nitrogens is 4. The lowest BCUT2D eigenvalue weighted by molar-refractivity contribution is -0.384. The number of morpholine rings is 1. The van der Waals surface area contributed by atoms with Gasteiger partial charge in [0.15, 0.2) is 10.9 Å². The highest BCUT2D eigenvalue weighted by atomic mass is 32.1. The van der Waals surface area contributed by atoms with Gasteiger partial charge in [0.1, 0.15) is 10.7 Å². The van der Waals surface area contributed by atoms with Gasteiger partial charge in [-0.3, -0.25) is 20.2 Å². The van der Waals surface area contributed by atoms with E-state index >= 15 is 0 Å². The van der Waals surface area contributed by atoms with Crippen molar-refractivity contribution >= 4 is 56.6 Å². The third kappa shape index (κ3) is 4.98. The van der Waals surface area contributed by atoms with Gasteiger partial charge in [0.25, 0.3) is 11.6 Å². The molecule has 37 heavy (non-hydrogen) atoms. The van der Waals surface area contributed by atoms with Gasteiger partial charge in [0.2, 0.25) is 4.96 Å². The topological polar surface area (TPSA) is 140 Å². The maximum absolute atomic E-state index is 12.9. The Bertz CT molecular complexity index is 1530. The van der Waals surface area contributed by atoms with Crippen LogP contribution in [0.5, 0.6) is 0 Å². The van der Waals surface area contributed by atoms with Gasteiger partial charge in [-0.15, -0.1) is 10.2 Å². The number of ether oxygens (including phenoxy) is 1. The van der Waals surface area contributed by atoms with Gasteiger partial charge < -0.3 is 15.0 Å². The van der Waals surface area contributed by atoms with E-state index in [1.54, 1.807) is 16.6 Å². The zero-order valence-electron chi connectivity index (χ0n) is 19.9. The van der Waals surface area contributed by atoms with E-state index in [-0.39, 0.29) is 16.4 Å². The summed E-state index contributed by atoms with van der Waals surface area (Å²) >= 11 is 6.78. The second kappa shape index (κ2) is 10.2. The number of nitrogens with zero attached hydrogens (tertiary/aromatic N) is 6. The van der Waals surface area contributed by atoms with Crippen LogP contribution in [0, 0.1) is 24.0 Å². The van der Waals surface area contributed by atoms with Crippen molar-refractivity contribution in [3.05, 3.63) is 63.5 Å². The summed E-state index contributed by atoms with van der Waals surface area (Å²) in [6, 6.07) is 10.0. The maximum atomic E-state index is 12.9. The van der Waals surface area contributed by atoms with Crippen LogP contribution in [0.15, 0.2) is 36.4 Å². The lowest BCUT2D eigenvalue weighted by Gasteiger charge is -2.28. The van der Waals surface area contributed by atoms with Crippen LogP contribution in [0.2, 0.25) is 0 Å². The van der Waals surface area contributed by atoms with Crippen LogP contribution in [-0.4, -0.2) is 62.1 Å². The van der Waals surface area contributed by atoms with Crippen molar-refractivity contribution < 1.29 is 14.5 Å². The fourth-order valence-corrected chi connectivity index (χ4v) is 5.21. The molecule has 190 valence electrons. The zero-order valence-corrected chi connectivity index (χ0v) is 21.6. The fourth-order valence-electron chi connectivity index (χ4n) is 4.04. The highest BCUT2D eigenvalue weighted by Gasteiger charge is 2.24. The van der Waals surface area contributed by atoms with Gasteiger partial charge in [-0.2, -0.15) is 9.61 Å². The van der Waals surface area contributed by atoms with Gasteiger partial charge in [0, 0.05) is 36.0 Å². The third-order valence-corrected chi connectivity index (χ3v) is 7.11.